The maximum atomic E-state index is 5.19. The van der Waals surface area contributed by atoms with Crippen LogP contribution < -0.4 is 4.90 Å². The van der Waals surface area contributed by atoms with E-state index >= 15 is 0 Å². The number of piperidine rings is 1. The highest BCUT2D eigenvalue weighted by molar-refractivity contribution is 5.42. The van der Waals surface area contributed by atoms with Crippen LogP contribution in [0, 0.1) is 11.8 Å². The van der Waals surface area contributed by atoms with Crippen LogP contribution in [0.25, 0.3) is 0 Å². The van der Waals surface area contributed by atoms with E-state index in [1.165, 1.54) is 51.6 Å². The maximum Gasteiger partial charge on any atom is 0.133 e. The van der Waals surface area contributed by atoms with E-state index in [4.69, 9.17) is 9.97 Å². The predicted molar refractivity (Wildman–Crippen MR) is 134 cm³/mol. The molecule has 0 spiro atoms. The lowest BCUT2D eigenvalue weighted by molar-refractivity contribution is 0.0972. The second-order valence-corrected chi connectivity index (χ2v) is 11.1. The number of piperazine rings is 1. The van der Waals surface area contributed by atoms with Gasteiger partial charge in [0.1, 0.15) is 11.6 Å². The molecule has 1 aliphatic carbocycles. The third-order valence-corrected chi connectivity index (χ3v) is 8.79. The third kappa shape index (κ3) is 5.30. The fraction of sp³-hybridized carbons (Fsp3) is 0.852. The molecule has 1 aromatic rings. The van der Waals surface area contributed by atoms with Gasteiger partial charge >= 0.3 is 0 Å². The van der Waals surface area contributed by atoms with Crippen molar-refractivity contribution in [2.45, 2.75) is 103 Å². The Labute approximate surface area is 197 Å². The van der Waals surface area contributed by atoms with Gasteiger partial charge in [-0.05, 0) is 89.4 Å². The summed E-state index contributed by atoms with van der Waals surface area (Å²) in [6.45, 7) is 14.1. The molecule has 0 radical (unpaired) electrons. The van der Waals surface area contributed by atoms with E-state index < -0.39 is 0 Å². The van der Waals surface area contributed by atoms with Gasteiger partial charge in [-0.2, -0.15) is 0 Å². The zero-order valence-electron chi connectivity index (χ0n) is 21.3. The number of aromatic nitrogens is 2. The summed E-state index contributed by atoms with van der Waals surface area (Å²) in [5.41, 5.74) is 0. The summed E-state index contributed by atoms with van der Waals surface area (Å²) < 4.78 is 0. The molecule has 180 valence electrons. The highest BCUT2D eigenvalue weighted by Gasteiger charge is 2.34. The van der Waals surface area contributed by atoms with E-state index in [9.17, 15) is 0 Å². The van der Waals surface area contributed by atoms with E-state index in [1.807, 2.05) is 6.20 Å². The third-order valence-electron chi connectivity index (χ3n) is 8.79. The Morgan fingerprint density at radius 2 is 1.56 bits per heavy atom. The van der Waals surface area contributed by atoms with Crippen LogP contribution >= 0.6 is 0 Å². The highest BCUT2D eigenvalue weighted by atomic mass is 15.3. The molecule has 0 bridgehead atoms. The molecule has 2 unspecified atom stereocenters. The molecule has 1 saturated carbocycles. The number of likely N-dealkylation sites (tertiary alicyclic amines) is 1. The van der Waals surface area contributed by atoms with Crippen LogP contribution in [0.3, 0.4) is 0 Å². The van der Waals surface area contributed by atoms with Gasteiger partial charge < -0.3 is 14.7 Å². The first kappa shape index (κ1) is 23.9. The Morgan fingerprint density at radius 3 is 2.12 bits per heavy atom. The first-order valence-electron chi connectivity index (χ1n) is 13.5. The molecular weight excluding hydrogens is 394 g/mol. The smallest absolute Gasteiger partial charge is 0.133 e. The van der Waals surface area contributed by atoms with Crippen molar-refractivity contribution >= 4 is 5.82 Å². The summed E-state index contributed by atoms with van der Waals surface area (Å²) in [5.74, 6) is 4.58. The Hall–Kier alpha value is -1.20. The molecule has 0 aromatic carbocycles. The number of anilines is 1. The van der Waals surface area contributed by atoms with Gasteiger partial charge in [-0.1, -0.05) is 27.7 Å². The van der Waals surface area contributed by atoms with Crippen molar-refractivity contribution in [2.75, 3.05) is 38.1 Å². The average Bonchev–Trinajstić information content (AvgIpc) is 2.83. The molecule has 3 fully saturated rings. The van der Waals surface area contributed by atoms with E-state index in [2.05, 4.69) is 55.5 Å². The molecule has 0 amide bonds. The van der Waals surface area contributed by atoms with Crippen LogP contribution in [0.15, 0.2) is 12.3 Å². The maximum absolute atomic E-state index is 5.19. The Morgan fingerprint density at radius 1 is 0.938 bits per heavy atom. The molecule has 2 aliphatic heterocycles. The van der Waals surface area contributed by atoms with E-state index in [-0.39, 0.29) is 0 Å². The monoisotopic (exact) mass is 441 g/mol. The summed E-state index contributed by atoms with van der Waals surface area (Å²) >= 11 is 0. The topological polar surface area (TPSA) is 35.5 Å². The quantitative estimate of drug-likeness (QED) is 0.608. The minimum atomic E-state index is 0.519. The van der Waals surface area contributed by atoms with Crippen molar-refractivity contribution in [3.8, 4) is 0 Å². The molecule has 2 atom stereocenters. The van der Waals surface area contributed by atoms with Crippen molar-refractivity contribution in [1.29, 1.82) is 0 Å². The van der Waals surface area contributed by atoms with Crippen LogP contribution in [0.2, 0.25) is 0 Å². The molecule has 5 nitrogen and oxygen atoms in total. The highest BCUT2D eigenvalue weighted by Crippen LogP contribution is 2.35. The number of hydrogen-bond donors (Lipinski definition) is 0. The molecule has 2 saturated heterocycles. The summed E-state index contributed by atoms with van der Waals surface area (Å²) in [7, 11) is 2.26. The fourth-order valence-corrected chi connectivity index (χ4v) is 6.65. The summed E-state index contributed by atoms with van der Waals surface area (Å²) in [4.78, 5) is 17.9. The number of nitrogens with zero attached hydrogens (tertiary/aromatic N) is 5. The van der Waals surface area contributed by atoms with Crippen molar-refractivity contribution in [3.05, 3.63) is 18.1 Å². The second kappa shape index (κ2) is 10.8. The molecular formula is C27H47N5. The average molecular weight is 442 g/mol. The fourth-order valence-electron chi connectivity index (χ4n) is 6.65. The minimum absolute atomic E-state index is 0.519. The SMILES string of the molecule is CCC1CN(C)CC(CC)N1c1ccnc(C2CCN(C3CCC(C(C)C)CC3)CC2)n1. The normalized spacial score (nSPS) is 31.4. The van der Waals surface area contributed by atoms with Gasteiger partial charge in [0.05, 0.1) is 0 Å². The van der Waals surface area contributed by atoms with Gasteiger partial charge in [0.25, 0.3) is 0 Å². The lowest BCUT2D eigenvalue weighted by Gasteiger charge is -2.46. The molecule has 32 heavy (non-hydrogen) atoms. The summed E-state index contributed by atoms with van der Waals surface area (Å²) in [6.07, 6.45) is 12.4. The number of likely N-dealkylation sites (N-methyl/N-ethyl adjacent to an activating group) is 1. The van der Waals surface area contributed by atoms with E-state index in [1.54, 1.807) is 0 Å². The van der Waals surface area contributed by atoms with Crippen LogP contribution in [-0.2, 0) is 0 Å². The number of rotatable bonds is 6. The molecule has 1 aromatic heterocycles. The molecule has 3 heterocycles. The van der Waals surface area contributed by atoms with Gasteiger partial charge in [0.15, 0.2) is 0 Å². The first-order valence-corrected chi connectivity index (χ1v) is 13.5. The lowest BCUT2D eigenvalue weighted by atomic mass is 9.78. The molecule has 3 aliphatic rings. The standard InChI is InChI=1S/C27H47N5/c1-6-23-18-30(5)19-24(7-2)32(23)26-12-15-28-27(29-26)22-13-16-31(17-14-22)25-10-8-21(9-11-25)20(3)4/h12,15,20-25H,6-11,13-14,16-19H2,1-5H3. The molecule has 4 rings (SSSR count). The zero-order chi connectivity index (χ0) is 22.7. The van der Waals surface area contributed by atoms with Crippen molar-refractivity contribution in [2.24, 2.45) is 11.8 Å². The molecule has 5 heteroatoms. The largest absolute Gasteiger partial charge is 0.348 e. The van der Waals surface area contributed by atoms with Crippen LogP contribution in [0.5, 0.6) is 0 Å². The number of hydrogen-bond acceptors (Lipinski definition) is 5. The van der Waals surface area contributed by atoms with Gasteiger partial charge in [0.2, 0.25) is 0 Å². The van der Waals surface area contributed by atoms with Crippen LogP contribution in [0.4, 0.5) is 5.82 Å². The van der Waals surface area contributed by atoms with E-state index in [0.717, 1.165) is 55.5 Å². The first-order chi connectivity index (χ1) is 15.5. The van der Waals surface area contributed by atoms with Crippen LogP contribution in [0.1, 0.15) is 90.8 Å². The van der Waals surface area contributed by atoms with Gasteiger partial charge in [-0.3, -0.25) is 0 Å². The Balaban J connectivity index is 1.38. The van der Waals surface area contributed by atoms with Crippen molar-refractivity contribution in [3.63, 3.8) is 0 Å². The van der Waals surface area contributed by atoms with Crippen molar-refractivity contribution in [1.82, 2.24) is 19.8 Å². The van der Waals surface area contributed by atoms with Gasteiger partial charge in [-0.15, -0.1) is 0 Å². The molecule has 0 N–H and O–H groups in total. The van der Waals surface area contributed by atoms with Gasteiger partial charge in [-0.25, -0.2) is 9.97 Å². The van der Waals surface area contributed by atoms with E-state index in [0.29, 0.717) is 18.0 Å². The zero-order valence-corrected chi connectivity index (χ0v) is 21.3. The Kier molecular flexibility index (Phi) is 8.09. The predicted octanol–water partition coefficient (Wildman–Crippen LogP) is 5.18. The Bertz CT molecular complexity index is 692. The second-order valence-electron chi connectivity index (χ2n) is 11.1. The summed E-state index contributed by atoms with van der Waals surface area (Å²) in [5, 5.41) is 0. The lowest BCUT2D eigenvalue weighted by Crippen LogP contribution is -2.57. The minimum Gasteiger partial charge on any atom is -0.348 e. The summed E-state index contributed by atoms with van der Waals surface area (Å²) in [6, 6.07) is 4.07. The van der Waals surface area contributed by atoms with Crippen molar-refractivity contribution < 1.29 is 0 Å². The van der Waals surface area contributed by atoms with Crippen LogP contribution in [-0.4, -0.2) is 71.1 Å². The van der Waals surface area contributed by atoms with Gasteiger partial charge in [0, 0.05) is 43.3 Å².